The summed E-state index contributed by atoms with van der Waals surface area (Å²) in [5.74, 6) is -0.481. The van der Waals surface area contributed by atoms with Gasteiger partial charge in [-0.15, -0.1) is 0 Å². The molecule has 1 saturated heterocycles. The van der Waals surface area contributed by atoms with Crippen LogP contribution < -0.4 is 0 Å². The van der Waals surface area contributed by atoms with Crippen molar-refractivity contribution in [1.82, 2.24) is 4.31 Å². The van der Waals surface area contributed by atoms with Gasteiger partial charge in [-0.1, -0.05) is 6.42 Å². The van der Waals surface area contributed by atoms with E-state index in [1.54, 1.807) is 6.92 Å². The lowest BCUT2D eigenvalue weighted by Crippen LogP contribution is -2.35. The highest BCUT2D eigenvalue weighted by atomic mass is 32.2. The number of aryl methyl sites for hydroxylation is 1. The average molecular weight is 421 g/mol. The van der Waals surface area contributed by atoms with E-state index in [0.717, 1.165) is 19.3 Å². The lowest BCUT2D eigenvalue weighted by Gasteiger charge is -2.25. The molecule has 1 aliphatic heterocycles. The molecule has 8 nitrogen and oxygen atoms in total. The number of hydrogen-bond donors (Lipinski definition) is 0. The van der Waals surface area contributed by atoms with E-state index in [2.05, 4.69) is 4.74 Å². The molecule has 0 amide bonds. The van der Waals surface area contributed by atoms with Crippen molar-refractivity contribution in [3.8, 4) is 0 Å². The van der Waals surface area contributed by atoms with Gasteiger partial charge in [0.25, 0.3) is 0 Å². The Morgan fingerprint density at radius 1 is 1.07 bits per heavy atom. The van der Waals surface area contributed by atoms with Gasteiger partial charge < -0.3 is 13.9 Å². The summed E-state index contributed by atoms with van der Waals surface area (Å²) in [7, 11) is -2.28. The van der Waals surface area contributed by atoms with Crippen molar-refractivity contribution in [3.05, 3.63) is 53.0 Å². The van der Waals surface area contributed by atoms with Crippen molar-refractivity contribution >= 4 is 22.0 Å². The van der Waals surface area contributed by atoms with Gasteiger partial charge in [0.15, 0.2) is 0 Å². The Labute approximate surface area is 169 Å². The Bertz CT molecular complexity index is 986. The molecule has 0 radical (unpaired) electrons. The Balaban J connectivity index is 1.64. The molecule has 0 bridgehead atoms. The van der Waals surface area contributed by atoms with Crippen molar-refractivity contribution in [2.45, 2.75) is 37.7 Å². The monoisotopic (exact) mass is 421 g/mol. The number of carbonyl (C=O) groups is 2. The van der Waals surface area contributed by atoms with Crippen LogP contribution in [0.5, 0.6) is 0 Å². The zero-order chi connectivity index (χ0) is 21.0. The van der Waals surface area contributed by atoms with Crippen LogP contribution in [-0.2, 0) is 26.1 Å². The summed E-state index contributed by atoms with van der Waals surface area (Å²) in [6.07, 6.45) is 2.74. The second kappa shape index (κ2) is 8.79. The van der Waals surface area contributed by atoms with Crippen LogP contribution in [0, 0.1) is 6.92 Å². The van der Waals surface area contributed by atoms with Gasteiger partial charge in [-0.05, 0) is 50.1 Å². The van der Waals surface area contributed by atoms with Crippen LogP contribution in [0.25, 0.3) is 0 Å². The predicted octanol–water partition coefficient (Wildman–Crippen LogP) is 2.91. The van der Waals surface area contributed by atoms with Crippen LogP contribution in [0.3, 0.4) is 0 Å². The highest BCUT2D eigenvalue weighted by Crippen LogP contribution is 2.21. The van der Waals surface area contributed by atoms with E-state index in [-0.39, 0.29) is 22.6 Å². The maximum Gasteiger partial charge on any atom is 0.341 e. The third kappa shape index (κ3) is 4.68. The van der Waals surface area contributed by atoms with Gasteiger partial charge in [0.2, 0.25) is 10.0 Å². The molecule has 2 heterocycles. The van der Waals surface area contributed by atoms with Crippen LogP contribution in [0.15, 0.2) is 39.6 Å². The molecular weight excluding hydrogens is 398 g/mol. The SMILES string of the molecule is COC(=O)c1cc(COC(=O)c2ccc(S(=O)(=O)N3CCCCC3)cc2)oc1C. The molecule has 0 saturated carbocycles. The largest absolute Gasteiger partial charge is 0.465 e. The van der Waals surface area contributed by atoms with Gasteiger partial charge >= 0.3 is 11.9 Å². The molecule has 1 aliphatic rings. The molecule has 2 aromatic rings. The lowest BCUT2D eigenvalue weighted by atomic mass is 10.2. The van der Waals surface area contributed by atoms with E-state index in [0.29, 0.717) is 24.6 Å². The molecule has 1 fully saturated rings. The number of furan rings is 1. The van der Waals surface area contributed by atoms with Crippen LogP contribution in [0.4, 0.5) is 0 Å². The van der Waals surface area contributed by atoms with Gasteiger partial charge in [-0.25, -0.2) is 18.0 Å². The molecule has 29 heavy (non-hydrogen) atoms. The summed E-state index contributed by atoms with van der Waals surface area (Å²) in [5.41, 5.74) is 0.491. The third-order valence-electron chi connectivity index (χ3n) is 4.76. The molecule has 0 N–H and O–H groups in total. The number of sulfonamides is 1. The minimum absolute atomic E-state index is 0.153. The number of carbonyl (C=O) groups excluding carboxylic acids is 2. The first-order chi connectivity index (χ1) is 13.8. The van der Waals surface area contributed by atoms with E-state index < -0.39 is 22.0 Å². The molecule has 0 aliphatic carbocycles. The van der Waals surface area contributed by atoms with E-state index in [4.69, 9.17) is 9.15 Å². The van der Waals surface area contributed by atoms with Crippen molar-refractivity contribution in [1.29, 1.82) is 0 Å². The van der Waals surface area contributed by atoms with Crippen molar-refractivity contribution in [3.63, 3.8) is 0 Å². The first-order valence-corrected chi connectivity index (χ1v) is 10.7. The number of rotatable bonds is 6. The fourth-order valence-electron chi connectivity index (χ4n) is 3.16. The zero-order valence-corrected chi connectivity index (χ0v) is 17.2. The Morgan fingerprint density at radius 3 is 2.34 bits per heavy atom. The quantitative estimate of drug-likeness (QED) is 0.661. The van der Waals surface area contributed by atoms with Gasteiger partial charge in [0.1, 0.15) is 23.7 Å². The maximum absolute atomic E-state index is 12.7. The third-order valence-corrected chi connectivity index (χ3v) is 6.68. The minimum atomic E-state index is -3.55. The standard InChI is InChI=1S/C20H23NO7S/c1-14-18(20(23)26-2)12-16(28-14)13-27-19(22)15-6-8-17(9-7-15)29(24,25)21-10-4-3-5-11-21/h6-9,12H,3-5,10-11,13H2,1-2H3. The highest BCUT2D eigenvalue weighted by Gasteiger charge is 2.26. The van der Waals surface area contributed by atoms with Crippen molar-refractivity contribution < 1.29 is 31.9 Å². The van der Waals surface area contributed by atoms with Crippen LogP contribution in [-0.4, -0.2) is 44.9 Å². The first kappa shape index (κ1) is 21.1. The van der Waals surface area contributed by atoms with Crippen LogP contribution in [0.1, 0.15) is 51.5 Å². The summed E-state index contributed by atoms with van der Waals surface area (Å²) in [5, 5.41) is 0. The first-order valence-electron chi connectivity index (χ1n) is 9.28. The molecule has 156 valence electrons. The molecule has 3 rings (SSSR count). The van der Waals surface area contributed by atoms with Gasteiger partial charge in [0, 0.05) is 13.1 Å². The normalized spacial score (nSPS) is 15.1. The number of ether oxygens (including phenoxy) is 2. The fraction of sp³-hybridized carbons (Fsp3) is 0.400. The molecule has 0 unspecified atom stereocenters. The predicted molar refractivity (Wildman–Crippen MR) is 103 cm³/mol. The van der Waals surface area contributed by atoms with Gasteiger partial charge in [-0.2, -0.15) is 4.31 Å². The lowest BCUT2D eigenvalue weighted by molar-refractivity contribution is 0.0443. The number of hydrogen-bond acceptors (Lipinski definition) is 7. The van der Waals surface area contributed by atoms with Crippen LogP contribution >= 0.6 is 0 Å². The van der Waals surface area contributed by atoms with E-state index in [1.165, 1.54) is 41.7 Å². The van der Waals surface area contributed by atoms with E-state index in [9.17, 15) is 18.0 Å². The summed E-state index contributed by atoms with van der Waals surface area (Å²) < 4.78 is 42.0. The van der Waals surface area contributed by atoms with Gasteiger partial charge in [0.05, 0.1) is 17.6 Å². The number of benzene rings is 1. The second-order valence-electron chi connectivity index (χ2n) is 6.74. The van der Waals surface area contributed by atoms with Crippen molar-refractivity contribution in [2.75, 3.05) is 20.2 Å². The number of methoxy groups -OCH3 is 1. The van der Waals surface area contributed by atoms with Crippen LogP contribution in [0.2, 0.25) is 0 Å². The topological polar surface area (TPSA) is 103 Å². The van der Waals surface area contributed by atoms with E-state index >= 15 is 0 Å². The Morgan fingerprint density at radius 2 is 1.72 bits per heavy atom. The molecular formula is C20H23NO7S. The molecule has 1 aromatic heterocycles. The molecule has 0 atom stereocenters. The summed E-state index contributed by atoms with van der Waals surface area (Å²) in [4.78, 5) is 24.0. The highest BCUT2D eigenvalue weighted by molar-refractivity contribution is 7.89. The minimum Gasteiger partial charge on any atom is -0.465 e. The molecule has 0 spiro atoms. The van der Waals surface area contributed by atoms with E-state index in [1.807, 2.05) is 0 Å². The Hall–Kier alpha value is -2.65. The number of piperidine rings is 1. The fourth-order valence-corrected chi connectivity index (χ4v) is 4.68. The second-order valence-corrected chi connectivity index (χ2v) is 8.68. The summed E-state index contributed by atoms with van der Waals surface area (Å²) in [6, 6.07) is 7.13. The number of esters is 2. The smallest absolute Gasteiger partial charge is 0.341 e. The molecule has 9 heteroatoms. The summed E-state index contributed by atoms with van der Waals surface area (Å²) >= 11 is 0. The van der Waals surface area contributed by atoms with Gasteiger partial charge in [-0.3, -0.25) is 0 Å². The average Bonchev–Trinajstić information content (AvgIpc) is 3.12. The maximum atomic E-state index is 12.7. The summed E-state index contributed by atoms with van der Waals surface area (Å²) in [6.45, 7) is 2.48. The molecule has 1 aromatic carbocycles. The Kier molecular flexibility index (Phi) is 6.39. The number of nitrogens with zero attached hydrogens (tertiary/aromatic N) is 1. The van der Waals surface area contributed by atoms with Crippen molar-refractivity contribution in [2.24, 2.45) is 0 Å². The zero-order valence-electron chi connectivity index (χ0n) is 16.3.